The van der Waals surface area contributed by atoms with Crippen LogP contribution in [-0.2, 0) is 4.74 Å². The van der Waals surface area contributed by atoms with E-state index in [0.29, 0.717) is 18.8 Å². The van der Waals surface area contributed by atoms with Crippen molar-refractivity contribution in [2.24, 2.45) is 0 Å². The molecule has 3 rings (SSSR count). The number of morpholine rings is 1. The molecule has 1 saturated heterocycles. The molecule has 100 valence electrons. The molecule has 19 heavy (non-hydrogen) atoms. The molecule has 1 aromatic carbocycles. The molecule has 0 radical (unpaired) electrons. The largest absolute Gasteiger partial charge is 0.397 e. The first-order chi connectivity index (χ1) is 9.29. The second-order valence-corrected chi connectivity index (χ2v) is 4.69. The van der Waals surface area contributed by atoms with Crippen molar-refractivity contribution >= 4 is 22.3 Å². The van der Waals surface area contributed by atoms with Crippen molar-refractivity contribution in [1.82, 2.24) is 4.98 Å². The fourth-order valence-electron chi connectivity index (χ4n) is 2.50. The molecule has 1 aliphatic rings. The van der Waals surface area contributed by atoms with Crippen LogP contribution < -0.4 is 10.6 Å². The van der Waals surface area contributed by atoms with Crippen LogP contribution in [0.1, 0.15) is 0 Å². The molecule has 1 unspecified atom stereocenters. The number of benzene rings is 1. The van der Waals surface area contributed by atoms with E-state index in [1.165, 1.54) is 0 Å². The third kappa shape index (κ3) is 2.22. The first-order valence-electron chi connectivity index (χ1n) is 6.40. The summed E-state index contributed by atoms with van der Waals surface area (Å²) in [5.74, 6) is 0. The Morgan fingerprint density at radius 3 is 3.16 bits per heavy atom. The molecule has 3 N–H and O–H groups in total. The van der Waals surface area contributed by atoms with Crippen molar-refractivity contribution in [3.8, 4) is 0 Å². The monoisotopic (exact) mass is 259 g/mol. The van der Waals surface area contributed by atoms with E-state index < -0.39 is 0 Å². The standard InChI is InChI=1S/C14H17N3O2/c15-12-3-4-13(11-2-1-5-16-14(11)12)17-6-7-19-10(8-17)9-18/h1-5,10,18H,6-9,15H2. The maximum atomic E-state index is 9.23. The Bertz CT molecular complexity index is 588. The SMILES string of the molecule is Nc1ccc(N2CCOC(CO)C2)c2cccnc12. The van der Waals surface area contributed by atoms with Gasteiger partial charge in [0.05, 0.1) is 30.5 Å². The predicted octanol–water partition coefficient (Wildman–Crippen LogP) is 1.01. The lowest BCUT2D eigenvalue weighted by atomic mass is 10.1. The molecule has 1 fully saturated rings. The molecule has 0 spiro atoms. The minimum atomic E-state index is -0.127. The van der Waals surface area contributed by atoms with Crippen molar-refractivity contribution < 1.29 is 9.84 Å². The van der Waals surface area contributed by atoms with Crippen LogP contribution in [0.2, 0.25) is 0 Å². The zero-order valence-corrected chi connectivity index (χ0v) is 10.6. The molecule has 0 amide bonds. The number of rotatable bonds is 2. The van der Waals surface area contributed by atoms with Gasteiger partial charge in [0.25, 0.3) is 0 Å². The van der Waals surface area contributed by atoms with Crippen molar-refractivity contribution in [3.63, 3.8) is 0 Å². The number of ether oxygens (including phenoxy) is 1. The summed E-state index contributed by atoms with van der Waals surface area (Å²) in [6, 6.07) is 7.83. The molecule has 2 heterocycles. The van der Waals surface area contributed by atoms with Crippen LogP contribution in [0.25, 0.3) is 10.9 Å². The highest BCUT2D eigenvalue weighted by molar-refractivity contribution is 5.98. The number of fused-ring (bicyclic) bond motifs is 1. The van der Waals surface area contributed by atoms with Crippen LogP contribution in [0.4, 0.5) is 11.4 Å². The van der Waals surface area contributed by atoms with E-state index in [4.69, 9.17) is 10.5 Å². The van der Waals surface area contributed by atoms with Crippen molar-refractivity contribution in [2.75, 3.05) is 36.9 Å². The molecular weight excluding hydrogens is 242 g/mol. The summed E-state index contributed by atoms with van der Waals surface area (Å²) in [5.41, 5.74) is 8.57. The smallest absolute Gasteiger partial charge is 0.0980 e. The third-order valence-corrected chi connectivity index (χ3v) is 3.46. The highest BCUT2D eigenvalue weighted by atomic mass is 16.5. The van der Waals surface area contributed by atoms with E-state index in [1.807, 2.05) is 24.3 Å². The van der Waals surface area contributed by atoms with Crippen molar-refractivity contribution in [2.45, 2.75) is 6.10 Å². The van der Waals surface area contributed by atoms with Crippen LogP contribution >= 0.6 is 0 Å². The van der Waals surface area contributed by atoms with E-state index in [9.17, 15) is 5.11 Å². The lowest BCUT2D eigenvalue weighted by molar-refractivity contribution is 0.00364. The zero-order chi connectivity index (χ0) is 13.2. The van der Waals surface area contributed by atoms with Crippen LogP contribution in [0.5, 0.6) is 0 Å². The van der Waals surface area contributed by atoms with Crippen molar-refractivity contribution in [3.05, 3.63) is 30.5 Å². The Balaban J connectivity index is 2.03. The van der Waals surface area contributed by atoms with Gasteiger partial charge < -0.3 is 20.5 Å². The first-order valence-corrected chi connectivity index (χ1v) is 6.40. The van der Waals surface area contributed by atoms with Gasteiger partial charge in [-0.2, -0.15) is 0 Å². The Labute approximate surface area is 111 Å². The average molecular weight is 259 g/mol. The van der Waals surface area contributed by atoms with Gasteiger partial charge >= 0.3 is 0 Å². The number of aromatic nitrogens is 1. The second-order valence-electron chi connectivity index (χ2n) is 4.69. The molecule has 1 atom stereocenters. The fourth-order valence-corrected chi connectivity index (χ4v) is 2.50. The van der Waals surface area contributed by atoms with Gasteiger partial charge in [0.15, 0.2) is 0 Å². The predicted molar refractivity (Wildman–Crippen MR) is 75.2 cm³/mol. The number of pyridine rings is 1. The van der Waals surface area contributed by atoms with Crippen LogP contribution in [-0.4, -0.2) is 42.5 Å². The number of aliphatic hydroxyl groups excluding tert-OH is 1. The number of nitrogen functional groups attached to an aromatic ring is 1. The lowest BCUT2D eigenvalue weighted by Gasteiger charge is -2.34. The molecule has 2 aromatic rings. The zero-order valence-electron chi connectivity index (χ0n) is 10.6. The Hall–Kier alpha value is -1.85. The van der Waals surface area contributed by atoms with E-state index >= 15 is 0 Å². The summed E-state index contributed by atoms with van der Waals surface area (Å²) in [6.07, 6.45) is 1.62. The Morgan fingerprint density at radius 2 is 2.32 bits per heavy atom. The highest BCUT2D eigenvalue weighted by Crippen LogP contribution is 2.30. The third-order valence-electron chi connectivity index (χ3n) is 3.46. The Morgan fingerprint density at radius 1 is 1.42 bits per heavy atom. The summed E-state index contributed by atoms with van der Waals surface area (Å²) in [6.45, 7) is 2.16. The molecular formula is C14H17N3O2. The highest BCUT2D eigenvalue weighted by Gasteiger charge is 2.21. The molecule has 1 aliphatic heterocycles. The van der Waals surface area contributed by atoms with Crippen molar-refractivity contribution in [1.29, 1.82) is 0 Å². The quantitative estimate of drug-likeness (QED) is 0.788. The number of nitrogens with two attached hydrogens (primary N) is 1. The van der Waals surface area contributed by atoms with Gasteiger partial charge in [0.1, 0.15) is 0 Å². The van der Waals surface area contributed by atoms with Gasteiger partial charge in [-0.1, -0.05) is 0 Å². The fraction of sp³-hybridized carbons (Fsp3) is 0.357. The number of anilines is 2. The number of hydrogen-bond donors (Lipinski definition) is 2. The lowest BCUT2D eigenvalue weighted by Crippen LogP contribution is -2.44. The molecule has 5 heteroatoms. The number of nitrogens with zero attached hydrogens (tertiary/aromatic N) is 2. The summed E-state index contributed by atoms with van der Waals surface area (Å²) in [5, 5.41) is 10.3. The van der Waals surface area contributed by atoms with Gasteiger partial charge in [0, 0.05) is 30.4 Å². The normalized spacial score (nSPS) is 19.8. The first kappa shape index (κ1) is 12.2. The molecule has 1 aromatic heterocycles. The van der Waals surface area contributed by atoms with E-state index in [-0.39, 0.29) is 12.7 Å². The van der Waals surface area contributed by atoms with E-state index in [1.54, 1.807) is 6.20 Å². The van der Waals surface area contributed by atoms with Gasteiger partial charge in [0.2, 0.25) is 0 Å². The summed E-state index contributed by atoms with van der Waals surface area (Å²) in [4.78, 5) is 6.56. The molecule has 0 bridgehead atoms. The molecule has 5 nitrogen and oxygen atoms in total. The Kier molecular flexibility index (Phi) is 3.23. The topological polar surface area (TPSA) is 71.6 Å². The van der Waals surface area contributed by atoms with Crippen LogP contribution in [0, 0.1) is 0 Å². The van der Waals surface area contributed by atoms with Crippen LogP contribution in [0.3, 0.4) is 0 Å². The minimum Gasteiger partial charge on any atom is -0.397 e. The maximum absolute atomic E-state index is 9.23. The van der Waals surface area contributed by atoms with Gasteiger partial charge in [-0.05, 0) is 24.3 Å². The maximum Gasteiger partial charge on any atom is 0.0980 e. The van der Waals surface area contributed by atoms with Gasteiger partial charge in [-0.15, -0.1) is 0 Å². The number of hydrogen-bond acceptors (Lipinski definition) is 5. The van der Waals surface area contributed by atoms with E-state index in [2.05, 4.69) is 9.88 Å². The summed E-state index contributed by atoms with van der Waals surface area (Å²) < 4.78 is 5.48. The van der Waals surface area contributed by atoms with Gasteiger partial charge in [-0.25, -0.2) is 0 Å². The minimum absolute atomic E-state index is 0.0433. The number of aliphatic hydroxyl groups is 1. The summed E-state index contributed by atoms with van der Waals surface area (Å²) in [7, 11) is 0. The molecule has 0 aliphatic carbocycles. The average Bonchev–Trinajstić information content (AvgIpc) is 2.48. The summed E-state index contributed by atoms with van der Waals surface area (Å²) >= 11 is 0. The van der Waals surface area contributed by atoms with Crippen LogP contribution in [0.15, 0.2) is 30.5 Å². The van der Waals surface area contributed by atoms with E-state index in [0.717, 1.165) is 23.1 Å². The molecule has 0 saturated carbocycles. The second kappa shape index (κ2) is 5.03. The van der Waals surface area contributed by atoms with Gasteiger partial charge in [-0.3, -0.25) is 4.98 Å².